The number of nitro benzene ring substituents is 2. The van der Waals surface area contributed by atoms with E-state index in [0.29, 0.717) is 16.0 Å². The first-order valence-corrected chi connectivity index (χ1v) is 17.2. The van der Waals surface area contributed by atoms with Gasteiger partial charge in [0.05, 0.1) is 40.1 Å². The van der Waals surface area contributed by atoms with Crippen molar-refractivity contribution in [3.05, 3.63) is 90.5 Å². The molecule has 2 aromatic carbocycles. The second kappa shape index (κ2) is 16.0. The van der Waals surface area contributed by atoms with Gasteiger partial charge in [0.2, 0.25) is 5.91 Å². The van der Waals surface area contributed by atoms with E-state index < -0.39 is 75.3 Å². The molecule has 3 amide bonds. The van der Waals surface area contributed by atoms with Crippen LogP contribution in [0.5, 0.6) is 0 Å². The molecule has 3 heterocycles. The predicted octanol–water partition coefficient (Wildman–Crippen LogP) is 3.15. The van der Waals surface area contributed by atoms with Crippen LogP contribution in [0, 0.1) is 32.1 Å². The summed E-state index contributed by atoms with van der Waals surface area (Å²) in [6.45, 7) is 2.87. The Morgan fingerprint density at radius 3 is 2.06 bits per heavy atom. The number of hydrogen-bond acceptors (Lipinski definition) is 13. The first-order chi connectivity index (χ1) is 24.7. The standard InChI is InChI=1S/C33H37N5O13S/c1-17-27-26(18(2)39)30(41)36(27)28(31(42)43)29(17)52-23-13-24(35(14-23)33(45)51-16-20-5-9-22(10-6-20)38(48)49)25(40)11-12-34-32(44)50-15-19-3-7-21(8-4-19)37(46)47/h3-10,17-18,23-27,39-40H,11-16H2,1-2H3,(H,34,44)(H,42,43)/t17-,18-,23+,24+,25?,26-,27-/m1/s1. The highest BCUT2D eigenvalue weighted by Gasteiger charge is 2.60. The Balaban J connectivity index is 1.24. The van der Waals surface area contributed by atoms with Crippen LogP contribution in [-0.2, 0) is 32.3 Å². The summed E-state index contributed by atoms with van der Waals surface area (Å²) in [5, 5.41) is 55.4. The summed E-state index contributed by atoms with van der Waals surface area (Å²) < 4.78 is 10.7. The molecule has 2 saturated heterocycles. The monoisotopic (exact) mass is 743 g/mol. The lowest BCUT2D eigenvalue weighted by Gasteiger charge is -2.46. The zero-order valence-corrected chi connectivity index (χ0v) is 28.8. The Hall–Kier alpha value is -5.27. The number of hydrogen-bond donors (Lipinski definition) is 4. The number of aliphatic hydroxyl groups is 2. The lowest BCUT2D eigenvalue weighted by Crippen LogP contribution is -2.63. The van der Waals surface area contributed by atoms with Crippen LogP contribution in [-0.4, -0.2) is 102 Å². The van der Waals surface area contributed by atoms with Crippen molar-refractivity contribution >= 4 is 47.2 Å². The minimum Gasteiger partial charge on any atom is -0.477 e. The molecule has 0 spiro atoms. The van der Waals surface area contributed by atoms with Crippen molar-refractivity contribution in [2.45, 2.75) is 69.4 Å². The molecule has 0 bridgehead atoms. The Kier molecular flexibility index (Phi) is 11.7. The lowest BCUT2D eigenvalue weighted by molar-refractivity contribution is -0.385. The SMILES string of the molecule is C[C@@H](O)[C@H]1C(=O)N2C(C(=O)O)=C(S[C@H]3C[C@@H](C(O)CCNC(=O)OCc4ccc([N+](=O)[O-])cc4)N(C(=O)OCc4ccc([N+](=O)[O-])cc4)C3)[C@H](C)[C@H]12. The number of carboxylic acid groups (broad SMARTS) is 1. The maximum absolute atomic E-state index is 13.4. The topological polar surface area (TPSA) is 252 Å². The van der Waals surface area contributed by atoms with Crippen molar-refractivity contribution in [2.75, 3.05) is 13.1 Å². The fourth-order valence-corrected chi connectivity index (χ4v) is 8.25. The van der Waals surface area contributed by atoms with E-state index in [0.717, 1.165) is 0 Å². The van der Waals surface area contributed by atoms with E-state index in [9.17, 15) is 54.7 Å². The van der Waals surface area contributed by atoms with E-state index >= 15 is 0 Å². The molecule has 19 heteroatoms. The molecule has 0 radical (unpaired) electrons. The largest absolute Gasteiger partial charge is 0.477 e. The lowest BCUT2D eigenvalue weighted by atomic mass is 9.79. The Morgan fingerprint density at radius 2 is 1.54 bits per heavy atom. The molecule has 2 fully saturated rings. The number of rotatable bonds is 14. The van der Waals surface area contributed by atoms with Crippen molar-refractivity contribution in [3.8, 4) is 0 Å². The minimum atomic E-state index is -1.30. The molecule has 3 aliphatic rings. The number of thioether (sulfide) groups is 1. The van der Waals surface area contributed by atoms with E-state index in [1.165, 1.54) is 77.0 Å². The summed E-state index contributed by atoms with van der Waals surface area (Å²) >= 11 is 1.19. The molecule has 7 atom stereocenters. The minimum absolute atomic E-state index is 0.0132. The summed E-state index contributed by atoms with van der Waals surface area (Å²) in [6, 6.07) is 9.54. The number of fused-ring (bicyclic) bond motifs is 1. The van der Waals surface area contributed by atoms with E-state index in [1.54, 1.807) is 6.92 Å². The summed E-state index contributed by atoms with van der Waals surface area (Å²) in [5.41, 5.74) is 0.587. The summed E-state index contributed by atoms with van der Waals surface area (Å²) in [5.74, 6) is -2.94. The highest BCUT2D eigenvalue weighted by molar-refractivity contribution is 8.03. The van der Waals surface area contributed by atoms with Gasteiger partial charge in [0, 0.05) is 53.4 Å². The van der Waals surface area contributed by atoms with Crippen LogP contribution in [0.2, 0.25) is 0 Å². The van der Waals surface area contributed by atoms with Gasteiger partial charge >= 0.3 is 18.2 Å². The number of nitrogens with zero attached hydrogens (tertiary/aromatic N) is 4. The highest BCUT2D eigenvalue weighted by atomic mass is 32.2. The second-order valence-corrected chi connectivity index (χ2v) is 14.1. The number of nitrogens with one attached hydrogen (secondary N) is 1. The molecule has 2 aromatic rings. The van der Waals surface area contributed by atoms with E-state index in [1.807, 2.05) is 0 Å². The molecule has 0 aliphatic carbocycles. The number of ether oxygens (including phenoxy) is 2. The molecule has 3 aliphatic heterocycles. The average Bonchev–Trinajstić information content (AvgIpc) is 3.63. The van der Waals surface area contributed by atoms with Crippen molar-refractivity contribution in [3.63, 3.8) is 0 Å². The molecule has 52 heavy (non-hydrogen) atoms. The molecular formula is C33H37N5O13S. The van der Waals surface area contributed by atoms with E-state index in [4.69, 9.17) is 9.47 Å². The van der Waals surface area contributed by atoms with Crippen molar-refractivity contribution in [1.29, 1.82) is 0 Å². The quantitative estimate of drug-likeness (QED) is 0.123. The van der Waals surface area contributed by atoms with Gasteiger partial charge in [0.1, 0.15) is 18.9 Å². The van der Waals surface area contributed by atoms with Crippen LogP contribution in [0.4, 0.5) is 21.0 Å². The van der Waals surface area contributed by atoms with E-state index in [-0.39, 0.29) is 56.2 Å². The van der Waals surface area contributed by atoms with Gasteiger partial charge < -0.3 is 39.9 Å². The first-order valence-electron chi connectivity index (χ1n) is 16.3. The molecule has 5 rings (SSSR count). The zero-order valence-electron chi connectivity index (χ0n) is 28.0. The molecule has 278 valence electrons. The van der Waals surface area contributed by atoms with Crippen LogP contribution in [0.15, 0.2) is 59.1 Å². The van der Waals surface area contributed by atoms with E-state index in [2.05, 4.69) is 5.32 Å². The van der Waals surface area contributed by atoms with Crippen molar-refractivity contribution < 1.29 is 53.8 Å². The zero-order chi connectivity index (χ0) is 37.9. The Bertz CT molecular complexity index is 1750. The van der Waals surface area contributed by atoms with Crippen molar-refractivity contribution in [2.24, 2.45) is 11.8 Å². The third-order valence-corrected chi connectivity index (χ3v) is 10.8. The number of alkyl carbamates (subject to hydrolysis) is 1. The Labute approximate surface area is 300 Å². The molecule has 0 aromatic heterocycles. The van der Waals surface area contributed by atoms with Gasteiger partial charge in [-0.3, -0.25) is 25.0 Å². The summed E-state index contributed by atoms with van der Waals surface area (Å²) in [7, 11) is 0. The molecular weight excluding hydrogens is 706 g/mol. The smallest absolute Gasteiger partial charge is 0.410 e. The normalized spacial score (nSPS) is 23.4. The van der Waals surface area contributed by atoms with Gasteiger partial charge in [-0.1, -0.05) is 6.92 Å². The number of benzene rings is 2. The number of amides is 3. The number of non-ortho nitro benzene ring substituents is 2. The van der Waals surface area contributed by atoms with Gasteiger partial charge in [-0.15, -0.1) is 11.8 Å². The first kappa shape index (κ1) is 38.0. The summed E-state index contributed by atoms with van der Waals surface area (Å²) in [6.07, 6.45) is -3.56. The third-order valence-electron chi connectivity index (χ3n) is 9.32. The van der Waals surface area contributed by atoms with Gasteiger partial charge in [-0.25, -0.2) is 14.4 Å². The van der Waals surface area contributed by atoms with Crippen LogP contribution >= 0.6 is 11.8 Å². The molecule has 18 nitrogen and oxygen atoms in total. The number of β-lactam (4-membered cyclic amide) rings is 1. The number of aliphatic hydroxyl groups excluding tert-OH is 2. The fraction of sp³-hybridized carbons (Fsp3) is 0.455. The number of aliphatic carboxylic acids is 1. The highest BCUT2D eigenvalue weighted by Crippen LogP contribution is 2.52. The summed E-state index contributed by atoms with van der Waals surface area (Å²) in [4.78, 5) is 74.6. The molecule has 1 unspecified atom stereocenters. The Morgan fingerprint density at radius 1 is 0.981 bits per heavy atom. The average molecular weight is 744 g/mol. The maximum atomic E-state index is 13.4. The second-order valence-electron chi connectivity index (χ2n) is 12.7. The number of carbonyl (C=O) groups excluding carboxylic acids is 3. The molecule has 0 saturated carbocycles. The maximum Gasteiger partial charge on any atom is 0.410 e. The van der Waals surface area contributed by atoms with Gasteiger partial charge in [0.25, 0.3) is 11.4 Å². The van der Waals surface area contributed by atoms with Crippen molar-refractivity contribution in [1.82, 2.24) is 15.1 Å². The van der Waals surface area contributed by atoms with Gasteiger partial charge in [0.15, 0.2) is 0 Å². The number of carboxylic acids is 1. The third kappa shape index (κ3) is 8.11. The van der Waals surface area contributed by atoms with Crippen LogP contribution in [0.1, 0.15) is 37.8 Å². The number of carbonyl (C=O) groups is 4. The fourth-order valence-electron chi connectivity index (χ4n) is 6.71. The van der Waals surface area contributed by atoms with Gasteiger partial charge in [-0.05, 0) is 55.2 Å². The number of likely N-dealkylation sites (tertiary alicyclic amines) is 1. The van der Waals surface area contributed by atoms with Crippen LogP contribution < -0.4 is 5.32 Å². The van der Waals surface area contributed by atoms with Crippen LogP contribution in [0.3, 0.4) is 0 Å². The van der Waals surface area contributed by atoms with Gasteiger partial charge in [-0.2, -0.15) is 0 Å². The van der Waals surface area contributed by atoms with Crippen LogP contribution in [0.25, 0.3) is 0 Å². The predicted molar refractivity (Wildman–Crippen MR) is 181 cm³/mol. The number of nitro groups is 2. The molecule has 4 N–H and O–H groups in total.